The lowest BCUT2D eigenvalue weighted by Gasteiger charge is -2.18. The van der Waals surface area contributed by atoms with Gasteiger partial charge in [-0.3, -0.25) is 4.79 Å². The first-order chi connectivity index (χ1) is 13.1. The number of hydrogen-bond donors (Lipinski definition) is 3. The van der Waals surface area contributed by atoms with Crippen LogP contribution in [0.25, 0.3) is 0 Å². The normalized spacial score (nSPS) is 19.2. The SMILES string of the molecule is C[C@H](O)C1CCc2c(cn(C)c2C(=O)Nc2ccc(F)c(C#N)c2)S(=O)(=O)N1. The molecule has 0 aliphatic carbocycles. The van der Waals surface area contributed by atoms with Gasteiger partial charge >= 0.3 is 0 Å². The van der Waals surface area contributed by atoms with Crippen molar-refractivity contribution in [2.75, 3.05) is 5.32 Å². The number of hydrogen-bond acceptors (Lipinski definition) is 5. The van der Waals surface area contributed by atoms with Gasteiger partial charge < -0.3 is 15.0 Å². The van der Waals surface area contributed by atoms with E-state index in [0.29, 0.717) is 12.0 Å². The highest BCUT2D eigenvalue weighted by atomic mass is 32.2. The van der Waals surface area contributed by atoms with Gasteiger partial charge in [-0.05, 0) is 38.0 Å². The number of sulfonamides is 1. The molecule has 1 aromatic heterocycles. The lowest BCUT2D eigenvalue weighted by molar-refractivity contribution is 0.101. The summed E-state index contributed by atoms with van der Waals surface area (Å²) < 4.78 is 42.6. The molecular weight excluding hydrogens is 387 g/mol. The number of benzene rings is 1. The van der Waals surface area contributed by atoms with Gasteiger partial charge in [0, 0.05) is 30.5 Å². The van der Waals surface area contributed by atoms with Gasteiger partial charge in [0.15, 0.2) is 0 Å². The van der Waals surface area contributed by atoms with Crippen molar-refractivity contribution in [2.45, 2.75) is 36.8 Å². The van der Waals surface area contributed by atoms with E-state index >= 15 is 0 Å². The molecule has 3 N–H and O–H groups in total. The first-order valence-electron chi connectivity index (χ1n) is 8.53. The van der Waals surface area contributed by atoms with Crippen LogP contribution in [0.15, 0.2) is 29.3 Å². The molecule has 1 aliphatic heterocycles. The second-order valence-electron chi connectivity index (χ2n) is 6.70. The molecule has 0 fully saturated rings. The molecule has 1 aliphatic rings. The van der Waals surface area contributed by atoms with Gasteiger partial charge in [0.05, 0.1) is 11.7 Å². The molecule has 28 heavy (non-hydrogen) atoms. The van der Waals surface area contributed by atoms with Crippen molar-refractivity contribution in [1.29, 1.82) is 5.26 Å². The third kappa shape index (κ3) is 3.64. The van der Waals surface area contributed by atoms with Gasteiger partial charge in [-0.15, -0.1) is 0 Å². The fourth-order valence-corrected chi connectivity index (χ4v) is 4.92. The summed E-state index contributed by atoms with van der Waals surface area (Å²) in [6.07, 6.45) is 1.06. The average molecular weight is 406 g/mol. The first-order valence-corrected chi connectivity index (χ1v) is 10.0. The number of anilines is 1. The molecule has 0 spiro atoms. The number of carbonyl (C=O) groups is 1. The maximum absolute atomic E-state index is 13.5. The maximum Gasteiger partial charge on any atom is 0.272 e. The van der Waals surface area contributed by atoms with Gasteiger partial charge in [-0.25, -0.2) is 17.5 Å². The van der Waals surface area contributed by atoms with Crippen molar-refractivity contribution in [3.05, 3.63) is 47.0 Å². The number of nitriles is 1. The van der Waals surface area contributed by atoms with E-state index in [1.54, 1.807) is 13.1 Å². The Labute approximate surface area is 161 Å². The quantitative estimate of drug-likeness (QED) is 0.708. The summed E-state index contributed by atoms with van der Waals surface area (Å²) in [6.45, 7) is 1.50. The Morgan fingerprint density at radius 3 is 2.86 bits per heavy atom. The number of fused-ring (bicyclic) bond motifs is 1. The summed E-state index contributed by atoms with van der Waals surface area (Å²) in [5, 5.41) is 21.3. The molecule has 2 aromatic rings. The Balaban J connectivity index is 1.98. The summed E-state index contributed by atoms with van der Waals surface area (Å²) >= 11 is 0. The van der Waals surface area contributed by atoms with Crippen molar-refractivity contribution in [3.63, 3.8) is 0 Å². The van der Waals surface area contributed by atoms with Crippen LogP contribution in [0.4, 0.5) is 10.1 Å². The number of halogens is 1. The van der Waals surface area contributed by atoms with Gasteiger partial charge in [0.2, 0.25) is 10.0 Å². The first kappa shape index (κ1) is 20.0. The number of aliphatic hydroxyl groups excluding tert-OH is 1. The highest BCUT2D eigenvalue weighted by molar-refractivity contribution is 7.89. The smallest absolute Gasteiger partial charge is 0.272 e. The monoisotopic (exact) mass is 406 g/mol. The molecule has 2 heterocycles. The van der Waals surface area contributed by atoms with E-state index in [9.17, 15) is 22.7 Å². The zero-order valence-corrected chi connectivity index (χ0v) is 16.0. The number of aryl methyl sites for hydroxylation is 1. The van der Waals surface area contributed by atoms with Crippen LogP contribution in [0, 0.1) is 17.1 Å². The standard InChI is InChI=1S/C18H19FN4O4S/c1-10(24)15-6-4-13-16(28(26,27)22-15)9-23(2)17(13)18(25)21-12-3-5-14(19)11(7-12)8-20/h3,5,7,9-10,15,22,24H,4,6H2,1-2H3,(H,21,25)/t10-,15?/m0/s1. The van der Waals surface area contributed by atoms with Crippen LogP contribution in [-0.2, 0) is 23.5 Å². The van der Waals surface area contributed by atoms with Gasteiger partial charge in [0.1, 0.15) is 22.5 Å². The summed E-state index contributed by atoms with van der Waals surface area (Å²) in [4.78, 5) is 12.8. The Hall–Kier alpha value is -2.74. The lowest BCUT2D eigenvalue weighted by Crippen LogP contribution is -2.40. The third-order valence-electron chi connectivity index (χ3n) is 4.69. The molecule has 3 rings (SSSR count). The number of carbonyl (C=O) groups excluding carboxylic acids is 1. The minimum absolute atomic E-state index is 0.0138. The van der Waals surface area contributed by atoms with E-state index in [1.807, 2.05) is 0 Å². The van der Waals surface area contributed by atoms with Crippen LogP contribution < -0.4 is 10.0 Å². The minimum atomic E-state index is -3.90. The zero-order valence-electron chi connectivity index (χ0n) is 15.2. The Morgan fingerprint density at radius 1 is 1.50 bits per heavy atom. The molecule has 8 nitrogen and oxygen atoms in total. The molecule has 0 saturated heterocycles. The fourth-order valence-electron chi connectivity index (χ4n) is 3.26. The summed E-state index contributed by atoms with van der Waals surface area (Å²) in [5.74, 6) is -1.28. The molecule has 0 radical (unpaired) electrons. The minimum Gasteiger partial charge on any atom is -0.392 e. The molecule has 0 saturated carbocycles. The predicted molar refractivity (Wildman–Crippen MR) is 98.6 cm³/mol. The summed E-state index contributed by atoms with van der Waals surface area (Å²) in [6, 6.07) is 4.63. The lowest BCUT2D eigenvalue weighted by atomic mass is 10.0. The molecule has 1 amide bonds. The number of amides is 1. The largest absolute Gasteiger partial charge is 0.392 e. The third-order valence-corrected chi connectivity index (χ3v) is 6.23. The Morgan fingerprint density at radius 2 is 2.21 bits per heavy atom. The second kappa shape index (κ2) is 7.35. The average Bonchev–Trinajstić information content (AvgIpc) is 2.90. The van der Waals surface area contributed by atoms with Crippen LogP contribution in [0.2, 0.25) is 0 Å². The van der Waals surface area contributed by atoms with Crippen LogP contribution in [0.1, 0.15) is 35.0 Å². The van der Waals surface area contributed by atoms with Crippen LogP contribution in [0.5, 0.6) is 0 Å². The van der Waals surface area contributed by atoms with Crippen LogP contribution >= 0.6 is 0 Å². The second-order valence-corrected chi connectivity index (χ2v) is 8.38. The predicted octanol–water partition coefficient (Wildman–Crippen LogP) is 1.26. The van der Waals surface area contributed by atoms with Crippen molar-refractivity contribution >= 4 is 21.6 Å². The fraction of sp³-hybridized carbons (Fsp3) is 0.333. The van der Waals surface area contributed by atoms with Gasteiger partial charge in [0.25, 0.3) is 5.91 Å². The number of nitrogens with zero attached hydrogens (tertiary/aromatic N) is 2. The van der Waals surface area contributed by atoms with E-state index in [1.165, 1.54) is 29.8 Å². The van der Waals surface area contributed by atoms with E-state index in [2.05, 4.69) is 10.0 Å². The highest BCUT2D eigenvalue weighted by Gasteiger charge is 2.34. The molecule has 148 valence electrons. The zero-order chi connectivity index (χ0) is 20.6. The molecular formula is C18H19FN4O4S. The van der Waals surface area contributed by atoms with Crippen molar-refractivity contribution in [1.82, 2.24) is 9.29 Å². The summed E-state index contributed by atoms with van der Waals surface area (Å²) in [7, 11) is -2.35. The number of aliphatic hydroxyl groups is 1. The van der Waals surface area contributed by atoms with E-state index in [0.717, 1.165) is 6.07 Å². The van der Waals surface area contributed by atoms with Crippen molar-refractivity contribution in [2.24, 2.45) is 7.05 Å². The van der Waals surface area contributed by atoms with E-state index in [4.69, 9.17) is 5.26 Å². The molecule has 2 atom stereocenters. The molecule has 1 aromatic carbocycles. The summed E-state index contributed by atoms with van der Waals surface area (Å²) in [5.41, 5.74) is 0.497. The molecule has 0 bridgehead atoms. The number of rotatable bonds is 3. The number of nitrogens with one attached hydrogen (secondary N) is 2. The van der Waals surface area contributed by atoms with Crippen LogP contribution in [0.3, 0.4) is 0 Å². The molecule has 10 heteroatoms. The highest BCUT2D eigenvalue weighted by Crippen LogP contribution is 2.28. The number of aromatic nitrogens is 1. The topological polar surface area (TPSA) is 124 Å². The van der Waals surface area contributed by atoms with Gasteiger partial charge in [-0.1, -0.05) is 0 Å². The van der Waals surface area contributed by atoms with E-state index in [-0.39, 0.29) is 28.3 Å². The maximum atomic E-state index is 13.5. The van der Waals surface area contributed by atoms with Crippen molar-refractivity contribution < 1.29 is 22.7 Å². The molecule has 1 unspecified atom stereocenters. The Bertz CT molecular complexity index is 1090. The van der Waals surface area contributed by atoms with Crippen LogP contribution in [-0.4, -0.2) is 36.1 Å². The van der Waals surface area contributed by atoms with Crippen molar-refractivity contribution in [3.8, 4) is 6.07 Å². The Kier molecular flexibility index (Phi) is 5.25. The van der Waals surface area contributed by atoms with Gasteiger partial charge in [-0.2, -0.15) is 5.26 Å². The van der Waals surface area contributed by atoms with E-state index < -0.39 is 33.9 Å².